The minimum absolute atomic E-state index is 0.00764. The molecule has 13 heavy (non-hydrogen) atoms. The summed E-state index contributed by atoms with van der Waals surface area (Å²) in [6, 6.07) is 0. The lowest BCUT2D eigenvalue weighted by Gasteiger charge is -2.26. The summed E-state index contributed by atoms with van der Waals surface area (Å²) in [4.78, 5) is 11.1. The number of aliphatic hydroxyl groups excluding tert-OH is 1. The van der Waals surface area contributed by atoms with Gasteiger partial charge in [-0.05, 0) is 19.3 Å². The fraction of sp³-hybridized carbons (Fsp3) is 0.900. The predicted octanol–water partition coefficient (Wildman–Crippen LogP) is 1.79. The number of carbonyl (C=O) groups is 1. The van der Waals surface area contributed by atoms with Gasteiger partial charge in [-0.25, -0.2) is 0 Å². The molecule has 0 spiro atoms. The Balaban J connectivity index is 2.67. The highest BCUT2D eigenvalue weighted by Crippen LogP contribution is 2.38. The van der Waals surface area contributed by atoms with E-state index in [2.05, 4.69) is 0 Å². The van der Waals surface area contributed by atoms with E-state index in [0.29, 0.717) is 6.42 Å². The molecule has 1 rings (SSSR count). The molecule has 0 amide bonds. The molecule has 3 nitrogen and oxygen atoms in total. The Morgan fingerprint density at radius 1 is 1.15 bits per heavy atom. The lowest BCUT2D eigenvalue weighted by molar-refractivity contribution is -0.151. The summed E-state index contributed by atoms with van der Waals surface area (Å²) < 4.78 is 0. The Kier molecular flexibility index (Phi) is 3.72. The molecule has 0 aromatic heterocycles. The highest BCUT2D eigenvalue weighted by atomic mass is 16.4. The van der Waals surface area contributed by atoms with Gasteiger partial charge < -0.3 is 10.2 Å². The van der Waals surface area contributed by atoms with Crippen molar-refractivity contribution in [2.24, 2.45) is 5.41 Å². The van der Waals surface area contributed by atoms with E-state index in [9.17, 15) is 4.79 Å². The van der Waals surface area contributed by atoms with E-state index >= 15 is 0 Å². The van der Waals surface area contributed by atoms with Gasteiger partial charge in [0.25, 0.3) is 0 Å². The van der Waals surface area contributed by atoms with Crippen LogP contribution in [0.1, 0.15) is 44.9 Å². The zero-order chi connectivity index (χ0) is 9.73. The van der Waals surface area contributed by atoms with Crippen LogP contribution in [0.3, 0.4) is 0 Å². The number of carboxylic acids is 1. The molecule has 0 aromatic rings. The zero-order valence-electron chi connectivity index (χ0n) is 7.96. The molecular weight excluding hydrogens is 168 g/mol. The topological polar surface area (TPSA) is 57.5 Å². The average Bonchev–Trinajstić information content (AvgIpc) is 2.31. The van der Waals surface area contributed by atoms with Gasteiger partial charge in [0.15, 0.2) is 0 Å². The molecule has 0 unspecified atom stereocenters. The molecule has 1 aliphatic rings. The molecule has 76 valence electrons. The van der Waals surface area contributed by atoms with Gasteiger partial charge in [-0.2, -0.15) is 0 Å². The Bertz CT molecular complexity index is 169. The third-order valence-corrected chi connectivity index (χ3v) is 3.10. The Morgan fingerprint density at radius 2 is 1.69 bits per heavy atom. The maximum Gasteiger partial charge on any atom is 0.309 e. The lowest BCUT2D eigenvalue weighted by atomic mass is 9.78. The van der Waals surface area contributed by atoms with Crippen LogP contribution >= 0.6 is 0 Å². The van der Waals surface area contributed by atoms with Gasteiger partial charge >= 0.3 is 5.97 Å². The second-order valence-corrected chi connectivity index (χ2v) is 3.97. The third-order valence-electron chi connectivity index (χ3n) is 3.10. The highest BCUT2D eigenvalue weighted by Gasteiger charge is 2.37. The number of hydrogen-bond donors (Lipinski definition) is 2. The summed E-state index contributed by atoms with van der Waals surface area (Å²) >= 11 is 0. The molecule has 0 radical (unpaired) electrons. The van der Waals surface area contributed by atoms with Crippen molar-refractivity contribution in [3.8, 4) is 0 Å². The van der Waals surface area contributed by atoms with E-state index in [1.165, 1.54) is 0 Å². The smallest absolute Gasteiger partial charge is 0.309 e. The predicted molar refractivity (Wildman–Crippen MR) is 49.5 cm³/mol. The van der Waals surface area contributed by atoms with Crippen LogP contribution < -0.4 is 0 Å². The highest BCUT2D eigenvalue weighted by molar-refractivity contribution is 5.74. The molecule has 0 aromatic carbocycles. The number of hydrogen-bond acceptors (Lipinski definition) is 2. The zero-order valence-corrected chi connectivity index (χ0v) is 7.96. The molecule has 0 atom stereocenters. The minimum atomic E-state index is -0.719. The van der Waals surface area contributed by atoms with Gasteiger partial charge in [0, 0.05) is 6.61 Å². The monoisotopic (exact) mass is 186 g/mol. The van der Waals surface area contributed by atoms with Crippen LogP contribution in [0, 0.1) is 5.41 Å². The average molecular weight is 186 g/mol. The van der Waals surface area contributed by atoms with Crippen molar-refractivity contribution in [2.75, 3.05) is 6.61 Å². The van der Waals surface area contributed by atoms with Crippen molar-refractivity contribution in [1.29, 1.82) is 0 Å². The first-order chi connectivity index (χ1) is 6.21. The summed E-state index contributed by atoms with van der Waals surface area (Å²) in [7, 11) is 0. The van der Waals surface area contributed by atoms with Crippen LogP contribution in [0.4, 0.5) is 0 Å². The van der Waals surface area contributed by atoms with E-state index in [0.717, 1.165) is 38.5 Å². The summed E-state index contributed by atoms with van der Waals surface area (Å²) in [6.07, 6.45) is 6.16. The van der Waals surface area contributed by atoms with Crippen molar-refractivity contribution < 1.29 is 15.0 Å². The quantitative estimate of drug-likeness (QED) is 0.661. The number of aliphatic carboxylic acids is 1. The maximum atomic E-state index is 11.1. The van der Waals surface area contributed by atoms with Crippen molar-refractivity contribution in [3.63, 3.8) is 0 Å². The van der Waals surface area contributed by atoms with Crippen LogP contribution in [0.15, 0.2) is 0 Å². The van der Waals surface area contributed by atoms with E-state index in [-0.39, 0.29) is 6.61 Å². The standard InChI is InChI=1S/C10H18O3/c11-8-7-10(9(12)13)5-3-1-2-4-6-10/h11H,1-8H2,(H,12,13). The second kappa shape index (κ2) is 4.61. The van der Waals surface area contributed by atoms with Crippen LogP contribution in [0.5, 0.6) is 0 Å². The van der Waals surface area contributed by atoms with Gasteiger partial charge in [-0.3, -0.25) is 4.79 Å². The molecule has 1 fully saturated rings. The van der Waals surface area contributed by atoms with Gasteiger partial charge in [-0.1, -0.05) is 25.7 Å². The lowest BCUT2D eigenvalue weighted by Crippen LogP contribution is -2.31. The van der Waals surface area contributed by atoms with Crippen molar-refractivity contribution in [1.82, 2.24) is 0 Å². The van der Waals surface area contributed by atoms with Crippen molar-refractivity contribution >= 4 is 5.97 Å². The molecule has 2 N–H and O–H groups in total. The van der Waals surface area contributed by atoms with Gasteiger partial charge in [0.05, 0.1) is 5.41 Å². The van der Waals surface area contributed by atoms with Crippen LogP contribution in [0.2, 0.25) is 0 Å². The molecular formula is C10H18O3. The molecule has 1 aliphatic carbocycles. The van der Waals surface area contributed by atoms with Crippen molar-refractivity contribution in [3.05, 3.63) is 0 Å². The first kappa shape index (κ1) is 10.5. The Morgan fingerprint density at radius 3 is 2.08 bits per heavy atom. The fourth-order valence-electron chi connectivity index (χ4n) is 2.19. The van der Waals surface area contributed by atoms with Crippen LogP contribution in [-0.4, -0.2) is 22.8 Å². The summed E-state index contributed by atoms with van der Waals surface area (Å²) in [6.45, 7) is -0.00764. The maximum absolute atomic E-state index is 11.1. The largest absolute Gasteiger partial charge is 0.481 e. The van der Waals surface area contributed by atoms with Gasteiger partial charge in [-0.15, -0.1) is 0 Å². The van der Waals surface area contributed by atoms with E-state index in [1.54, 1.807) is 0 Å². The molecule has 0 saturated heterocycles. The van der Waals surface area contributed by atoms with E-state index in [4.69, 9.17) is 10.2 Å². The summed E-state index contributed by atoms with van der Waals surface area (Å²) in [5.41, 5.74) is -0.620. The van der Waals surface area contributed by atoms with E-state index < -0.39 is 11.4 Å². The Labute approximate surface area is 78.8 Å². The molecule has 0 heterocycles. The molecule has 3 heteroatoms. The fourth-order valence-corrected chi connectivity index (χ4v) is 2.19. The van der Waals surface area contributed by atoms with Crippen molar-refractivity contribution in [2.45, 2.75) is 44.9 Å². The minimum Gasteiger partial charge on any atom is -0.481 e. The third kappa shape index (κ3) is 2.44. The van der Waals surface area contributed by atoms with Gasteiger partial charge in [0.2, 0.25) is 0 Å². The Hall–Kier alpha value is -0.570. The summed E-state index contributed by atoms with van der Waals surface area (Å²) in [5, 5.41) is 18.0. The number of carboxylic acid groups (broad SMARTS) is 1. The molecule has 1 saturated carbocycles. The van der Waals surface area contributed by atoms with Gasteiger partial charge in [0.1, 0.15) is 0 Å². The SMILES string of the molecule is O=C(O)C1(CCO)CCCCCC1. The normalized spacial score (nSPS) is 22.2. The second-order valence-electron chi connectivity index (χ2n) is 3.97. The molecule has 0 aliphatic heterocycles. The summed E-state index contributed by atoms with van der Waals surface area (Å²) in [5.74, 6) is -0.719. The van der Waals surface area contributed by atoms with Crippen LogP contribution in [-0.2, 0) is 4.79 Å². The first-order valence-electron chi connectivity index (χ1n) is 5.05. The number of aliphatic hydroxyl groups is 1. The first-order valence-corrected chi connectivity index (χ1v) is 5.05. The van der Waals surface area contributed by atoms with E-state index in [1.807, 2.05) is 0 Å². The number of rotatable bonds is 3. The van der Waals surface area contributed by atoms with Crippen LogP contribution in [0.25, 0.3) is 0 Å². The molecule has 0 bridgehead atoms.